The van der Waals surface area contributed by atoms with E-state index >= 15 is 0 Å². The van der Waals surface area contributed by atoms with Gasteiger partial charge in [-0.2, -0.15) is 5.26 Å². The molecule has 0 amide bonds. The van der Waals surface area contributed by atoms with E-state index in [4.69, 9.17) is 19.5 Å². The molecule has 1 saturated heterocycles. The molecular formula is C9H15NO3. The van der Waals surface area contributed by atoms with Gasteiger partial charge in [0.15, 0.2) is 6.29 Å². The van der Waals surface area contributed by atoms with Crippen LogP contribution in [0.15, 0.2) is 0 Å². The van der Waals surface area contributed by atoms with Gasteiger partial charge in [-0.25, -0.2) is 0 Å². The molecule has 0 radical (unpaired) electrons. The summed E-state index contributed by atoms with van der Waals surface area (Å²) in [5.41, 5.74) is 0. The highest BCUT2D eigenvalue weighted by Gasteiger charge is 2.14. The minimum Gasteiger partial charge on any atom is -0.366 e. The topological polar surface area (TPSA) is 51.5 Å². The second-order valence-corrected chi connectivity index (χ2v) is 2.88. The molecule has 1 fully saturated rings. The molecule has 4 heteroatoms. The van der Waals surface area contributed by atoms with Gasteiger partial charge in [-0.05, 0) is 12.8 Å². The fourth-order valence-electron chi connectivity index (χ4n) is 1.17. The van der Waals surface area contributed by atoms with E-state index in [0.29, 0.717) is 13.2 Å². The van der Waals surface area contributed by atoms with Crippen LogP contribution in [-0.4, -0.2) is 32.7 Å². The monoisotopic (exact) mass is 185 g/mol. The van der Waals surface area contributed by atoms with Gasteiger partial charge in [-0.15, -0.1) is 0 Å². The van der Waals surface area contributed by atoms with Crippen LogP contribution < -0.4 is 0 Å². The van der Waals surface area contributed by atoms with E-state index in [2.05, 4.69) is 0 Å². The van der Waals surface area contributed by atoms with Crippen LogP contribution in [-0.2, 0) is 14.2 Å². The molecule has 0 aromatic heterocycles. The van der Waals surface area contributed by atoms with Crippen LogP contribution in [0, 0.1) is 11.3 Å². The summed E-state index contributed by atoms with van der Waals surface area (Å²) in [5.74, 6) is 0. The van der Waals surface area contributed by atoms with Crippen LogP contribution >= 0.6 is 0 Å². The number of rotatable bonds is 6. The Kier molecular flexibility index (Phi) is 5.50. The van der Waals surface area contributed by atoms with E-state index in [0.717, 1.165) is 25.9 Å². The molecule has 0 saturated carbocycles. The maximum atomic E-state index is 8.17. The van der Waals surface area contributed by atoms with E-state index in [1.165, 1.54) is 0 Å². The zero-order chi connectivity index (χ0) is 9.36. The third-order valence-electron chi connectivity index (χ3n) is 1.79. The molecule has 0 bridgehead atoms. The van der Waals surface area contributed by atoms with Gasteiger partial charge in [0, 0.05) is 13.0 Å². The normalized spacial score (nSPS) is 21.6. The van der Waals surface area contributed by atoms with Crippen LogP contribution in [0.1, 0.15) is 19.3 Å². The lowest BCUT2D eigenvalue weighted by atomic mass is 10.4. The molecule has 74 valence electrons. The maximum absolute atomic E-state index is 8.17. The number of nitriles is 1. The summed E-state index contributed by atoms with van der Waals surface area (Å²) in [6, 6.07) is 1.91. The Morgan fingerprint density at radius 1 is 1.46 bits per heavy atom. The summed E-state index contributed by atoms with van der Waals surface area (Å²) in [4.78, 5) is 0. The molecule has 1 unspecified atom stereocenters. The van der Waals surface area contributed by atoms with E-state index < -0.39 is 0 Å². The first-order valence-electron chi connectivity index (χ1n) is 4.61. The van der Waals surface area contributed by atoms with Crippen molar-refractivity contribution < 1.29 is 14.2 Å². The molecule has 1 heterocycles. The largest absolute Gasteiger partial charge is 0.366 e. The fourth-order valence-corrected chi connectivity index (χ4v) is 1.17. The molecule has 1 aliphatic rings. The lowest BCUT2D eigenvalue weighted by Crippen LogP contribution is -2.12. The third-order valence-corrected chi connectivity index (χ3v) is 1.79. The summed E-state index contributed by atoms with van der Waals surface area (Å²) < 4.78 is 15.6. The van der Waals surface area contributed by atoms with Gasteiger partial charge in [0.2, 0.25) is 0 Å². The molecule has 0 spiro atoms. The molecule has 0 aliphatic carbocycles. The van der Waals surface area contributed by atoms with E-state index in [9.17, 15) is 0 Å². The van der Waals surface area contributed by atoms with Gasteiger partial charge < -0.3 is 14.2 Å². The van der Waals surface area contributed by atoms with Crippen molar-refractivity contribution in [1.29, 1.82) is 5.26 Å². The highest BCUT2D eigenvalue weighted by Crippen LogP contribution is 2.12. The summed E-state index contributed by atoms with van der Waals surface area (Å²) >= 11 is 0. The summed E-state index contributed by atoms with van der Waals surface area (Å²) in [6.45, 7) is 2.21. The van der Waals surface area contributed by atoms with Crippen molar-refractivity contribution in [3.8, 4) is 6.07 Å². The first-order chi connectivity index (χ1) is 6.43. The van der Waals surface area contributed by atoms with Crippen LogP contribution in [0.25, 0.3) is 0 Å². The molecule has 4 nitrogen and oxygen atoms in total. The highest BCUT2D eigenvalue weighted by atomic mass is 16.7. The van der Waals surface area contributed by atoms with Crippen molar-refractivity contribution in [3.63, 3.8) is 0 Å². The van der Waals surface area contributed by atoms with Crippen molar-refractivity contribution in [2.75, 3.05) is 26.4 Å². The maximum Gasteiger partial charge on any atom is 0.157 e. The molecular weight excluding hydrogens is 170 g/mol. The van der Waals surface area contributed by atoms with Gasteiger partial charge in [-0.1, -0.05) is 0 Å². The minimum absolute atomic E-state index is 0.00373. The quantitative estimate of drug-likeness (QED) is 0.581. The Labute approximate surface area is 78.4 Å². The van der Waals surface area contributed by atoms with Crippen LogP contribution in [0.3, 0.4) is 0 Å². The Morgan fingerprint density at radius 3 is 3.08 bits per heavy atom. The standard InChI is InChI=1S/C9H15NO3/c10-4-8-11-5-2-7-13-9-3-1-6-12-9/h9H,1-3,5-8H2. The number of hydrogen-bond donors (Lipinski definition) is 0. The predicted molar refractivity (Wildman–Crippen MR) is 46.0 cm³/mol. The van der Waals surface area contributed by atoms with Crippen LogP contribution in [0.2, 0.25) is 0 Å². The third kappa shape index (κ3) is 4.83. The lowest BCUT2D eigenvalue weighted by molar-refractivity contribution is -0.113. The summed E-state index contributed by atoms with van der Waals surface area (Å²) in [5, 5.41) is 8.17. The smallest absolute Gasteiger partial charge is 0.157 e. The Hall–Kier alpha value is -0.630. The molecule has 0 N–H and O–H groups in total. The van der Waals surface area contributed by atoms with Crippen molar-refractivity contribution in [3.05, 3.63) is 0 Å². The summed E-state index contributed by atoms with van der Waals surface area (Å²) in [7, 11) is 0. The lowest BCUT2D eigenvalue weighted by Gasteiger charge is -2.09. The first-order valence-corrected chi connectivity index (χ1v) is 4.61. The SMILES string of the molecule is N#CCOCCCOC1CCCO1. The van der Waals surface area contributed by atoms with Crippen molar-refractivity contribution in [2.24, 2.45) is 0 Å². The molecule has 1 aliphatic heterocycles. The Morgan fingerprint density at radius 2 is 2.38 bits per heavy atom. The van der Waals surface area contributed by atoms with Gasteiger partial charge in [0.25, 0.3) is 0 Å². The average Bonchev–Trinajstić information content (AvgIpc) is 2.63. The molecule has 0 aromatic carbocycles. The molecule has 13 heavy (non-hydrogen) atoms. The highest BCUT2D eigenvalue weighted by molar-refractivity contribution is 4.66. The van der Waals surface area contributed by atoms with Crippen LogP contribution in [0.4, 0.5) is 0 Å². The number of hydrogen-bond acceptors (Lipinski definition) is 4. The van der Waals surface area contributed by atoms with Crippen LogP contribution in [0.5, 0.6) is 0 Å². The molecule has 0 aromatic rings. The second kappa shape index (κ2) is 6.84. The minimum atomic E-state index is -0.00373. The first kappa shape index (κ1) is 10.5. The zero-order valence-electron chi connectivity index (χ0n) is 7.70. The molecule has 1 rings (SSSR count). The van der Waals surface area contributed by atoms with Gasteiger partial charge in [0.1, 0.15) is 6.61 Å². The Balaban J connectivity index is 1.81. The second-order valence-electron chi connectivity index (χ2n) is 2.88. The van der Waals surface area contributed by atoms with Gasteiger partial charge in [0.05, 0.1) is 19.3 Å². The predicted octanol–water partition coefficient (Wildman–Crippen LogP) is 1.07. The number of ether oxygens (including phenoxy) is 3. The van der Waals surface area contributed by atoms with Gasteiger partial charge >= 0.3 is 0 Å². The zero-order valence-corrected chi connectivity index (χ0v) is 7.70. The summed E-state index contributed by atoms with van der Waals surface area (Å²) in [6.07, 6.45) is 2.91. The fraction of sp³-hybridized carbons (Fsp3) is 0.889. The van der Waals surface area contributed by atoms with E-state index in [1.54, 1.807) is 0 Å². The van der Waals surface area contributed by atoms with E-state index in [-0.39, 0.29) is 12.9 Å². The average molecular weight is 185 g/mol. The van der Waals surface area contributed by atoms with Crippen molar-refractivity contribution >= 4 is 0 Å². The van der Waals surface area contributed by atoms with Gasteiger partial charge in [-0.3, -0.25) is 0 Å². The van der Waals surface area contributed by atoms with Crippen molar-refractivity contribution in [2.45, 2.75) is 25.6 Å². The van der Waals surface area contributed by atoms with E-state index in [1.807, 2.05) is 6.07 Å². The van der Waals surface area contributed by atoms with Crippen molar-refractivity contribution in [1.82, 2.24) is 0 Å². The molecule has 1 atom stereocenters. The Bertz CT molecular complexity index is 161. The number of nitrogens with zero attached hydrogens (tertiary/aromatic N) is 1.